The van der Waals surface area contributed by atoms with E-state index in [2.05, 4.69) is 15.5 Å². The number of fused-ring (bicyclic) bond motifs is 2. The van der Waals surface area contributed by atoms with Gasteiger partial charge in [0.1, 0.15) is 13.2 Å². The monoisotopic (exact) mass is 387 g/mol. The van der Waals surface area contributed by atoms with Crippen molar-refractivity contribution in [3.05, 3.63) is 66.2 Å². The molecule has 0 saturated heterocycles. The van der Waals surface area contributed by atoms with Gasteiger partial charge in [0.15, 0.2) is 11.5 Å². The molecule has 0 saturated carbocycles. The zero-order valence-electron chi connectivity index (χ0n) is 15.4. The number of nitrogens with zero attached hydrogens (tertiary/aromatic N) is 2. The number of amides is 1. The molecule has 0 fully saturated rings. The van der Waals surface area contributed by atoms with Crippen LogP contribution in [0.15, 0.2) is 65.1 Å². The average Bonchev–Trinajstić information content (AvgIpc) is 3.22. The number of benzene rings is 3. The Morgan fingerprint density at radius 2 is 1.76 bits per heavy atom. The summed E-state index contributed by atoms with van der Waals surface area (Å²) in [4.78, 5) is 12.5. The number of rotatable bonds is 4. The first kappa shape index (κ1) is 17.2. The van der Waals surface area contributed by atoms with Gasteiger partial charge in [-0.2, -0.15) is 0 Å². The number of aromatic nitrogens is 2. The van der Waals surface area contributed by atoms with Gasteiger partial charge in [0.25, 0.3) is 0 Å². The summed E-state index contributed by atoms with van der Waals surface area (Å²) in [6.07, 6.45) is 0.211. The summed E-state index contributed by atoms with van der Waals surface area (Å²) in [5.41, 5.74) is 1.63. The van der Waals surface area contributed by atoms with Crippen LogP contribution in [-0.2, 0) is 11.2 Å². The predicted molar refractivity (Wildman–Crippen MR) is 107 cm³/mol. The zero-order valence-corrected chi connectivity index (χ0v) is 15.4. The minimum Gasteiger partial charge on any atom is -0.486 e. The van der Waals surface area contributed by atoms with E-state index in [1.54, 1.807) is 12.1 Å². The Bertz CT molecular complexity index is 1200. The highest BCUT2D eigenvalue weighted by atomic mass is 16.6. The lowest BCUT2D eigenvalue weighted by molar-refractivity contribution is -0.115. The van der Waals surface area contributed by atoms with E-state index in [1.807, 2.05) is 48.5 Å². The maximum absolute atomic E-state index is 12.5. The van der Waals surface area contributed by atoms with Crippen LogP contribution in [0.2, 0.25) is 0 Å². The molecule has 7 nitrogen and oxygen atoms in total. The van der Waals surface area contributed by atoms with Gasteiger partial charge in [-0.15, -0.1) is 5.10 Å². The third-order valence-electron chi connectivity index (χ3n) is 4.69. The molecule has 4 aromatic rings. The van der Waals surface area contributed by atoms with Crippen LogP contribution in [0.4, 0.5) is 6.01 Å². The Morgan fingerprint density at radius 1 is 0.931 bits per heavy atom. The number of hydrogen-bond donors (Lipinski definition) is 1. The first-order valence-electron chi connectivity index (χ1n) is 9.26. The van der Waals surface area contributed by atoms with E-state index in [4.69, 9.17) is 13.9 Å². The van der Waals surface area contributed by atoms with Crippen molar-refractivity contribution < 1.29 is 18.7 Å². The fourth-order valence-corrected chi connectivity index (χ4v) is 3.35. The van der Waals surface area contributed by atoms with E-state index >= 15 is 0 Å². The second-order valence-corrected chi connectivity index (χ2v) is 6.63. The Kier molecular flexibility index (Phi) is 4.32. The third kappa shape index (κ3) is 3.50. The van der Waals surface area contributed by atoms with E-state index in [0.717, 1.165) is 16.3 Å². The maximum Gasteiger partial charge on any atom is 0.322 e. The van der Waals surface area contributed by atoms with E-state index in [1.165, 1.54) is 0 Å². The first-order chi connectivity index (χ1) is 14.3. The van der Waals surface area contributed by atoms with E-state index in [-0.39, 0.29) is 18.3 Å². The molecule has 1 amide bonds. The van der Waals surface area contributed by atoms with Crippen molar-refractivity contribution in [1.29, 1.82) is 0 Å². The largest absolute Gasteiger partial charge is 0.486 e. The summed E-state index contributed by atoms with van der Waals surface area (Å²) in [5.74, 6) is 1.39. The normalized spacial score (nSPS) is 12.7. The highest BCUT2D eigenvalue weighted by Crippen LogP contribution is 2.34. The van der Waals surface area contributed by atoms with Crippen molar-refractivity contribution in [1.82, 2.24) is 10.2 Å². The van der Waals surface area contributed by atoms with Crippen molar-refractivity contribution >= 4 is 22.7 Å². The number of hydrogen-bond acceptors (Lipinski definition) is 6. The Hall–Kier alpha value is -3.87. The summed E-state index contributed by atoms with van der Waals surface area (Å²) >= 11 is 0. The van der Waals surface area contributed by atoms with Crippen LogP contribution >= 0.6 is 0 Å². The summed E-state index contributed by atoms with van der Waals surface area (Å²) in [6.45, 7) is 1.02. The number of carbonyl (C=O) groups is 1. The number of ether oxygens (including phenoxy) is 2. The van der Waals surface area contributed by atoms with Gasteiger partial charge in [0.2, 0.25) is 11.8 Å². The van der Waals surface area contributed by atoms with Gasteiger partial charge in [-0.25, -0.2) is 0 Å². The summed E-state index contributed by atoms with van der Waals surface area (Å²) in [5, 5.41) is 12.8. The molecule has 144 valence electrons. The van der Waals surface area contributed by atoms with Gasteiger partial charge >= 0.3 is 6.01 Å². The van der Waals surface area contributed by atoms with Crippen LogP contribution in [0.1, 0.15) is 5.56 Å². The van der Waals surface area contributed by atoms with Crippen molar-refractivity contribution in [2.24, 2.45) is 0 Å². The molecule has 0 radical (unpaired) electrons. The zero-order chi connectivity index (χ0) is 19.6. The van der Waals surface area contributed by atoms with Crippen LogP contribution in [0.5, 0.6) is 11.5 Å². The highest BCUT2D eigenvalue weighted by molar-refractivity contribution is 5.95. The molecule has 7 heteroatoms. The molecule has 2 heterocycles. The van der Waals surface area contributed by atoms with Crippen LogP contribution in [0, 0.1) is 0 Å². The molecule has 1 aliphatic rings. The molecular formula is C22H17N3O4. The standard InChI is InChI=1S/C22H17N3O4/c26-20(13-15-6-3-5-14-4-1-2-7-17(14)15)23-22-25-24-21(29-22)16-8-9-18-19(12-16)28-11-10-27-18/h1-9,12H,10-11,13H2,(H,23,25,26). The summed E-state index contributed by atoms with van der Waals surface area (Å²) in [7, 11) is 0. The molecule has 1 aromatic heterocycles. The first-order valence-corrected chi connectivity index (χ1v) is 9.26. The van der Waals surface area contributed by atoms with Gasteiger partial charge < -0.3 is 13.9 Å². The maximum atomic E-state index is 12.5. The molecular weight excluding hydrogens is 370 g/mol. The number of nitrogens with one attached hydrogen (secondary N) is 1. The third-order valence-corrected chi connectivity index (χ3v) is 4.69. The molecule has 0 bridgehead atoms. The van der Waals surface area contributed by atoms with Crippen molar-refractivity contribution in [3.8, 4) is 23.0 Å². The lowest BCUT2D eigenvalue weighted by atomic mass is 10.0. The topological polar surface area (TPSA) is 86.5 Å². The fraction of sp³-hybridized carbons (Fsp3) is 0.136. The molecule has 29 heavy (non-hydrogen) atoms. The lowest BCUT2D eigenvalue weighted by Gasteiger charge is -2.18. The van der Waals surface area contributed by atoms with E-state index < -0.39 is 0 Å². The van der Waals surface area contributed by atoms with Gasteiger partial charge in [-0.1, -0.05) is 47.6 Å². The van der Waals surface area contributed by atoms with E-state index in [0.29, 0.717) is 36.2 Å². The van der Waals surface area contributed by atoms with Crippen LogP contribution in [0.3, 0.4) is 0 Å². The molecule has 0 spiro atoms. The lowest BCUT2D eigenvalue weighted by Crippen LogP contribution is -2.15. The molecule has 0 atom stereocenters. The smallest absolute Gasteiger partial charge is 0.322 e. The van der Waals surface area contributed by atoms with Crippen LogP contribution < -0.4 is 14.8 Å². The van der Waals surface area contributed by atoms with Crippen molar-refractivity contribution in [2.75, 3.05) is 18.5 Å². The van der Waals surface area contributed by atoms with E-state index in [9.17, 15) is 4.79 Å². The predicted octanol–water partition coefficient (Wildman–Crippen LogP) is 3.84. The molecule has 0 aliphatic carbocycles. The molecule has 1 N–H and O–H groups in total. The minimum absolute atomic E-state index is 0.0557. The Morgan fingerprint density at radius 3 is 2.69 bits per heavy atom. The van der Waals surface area contributed by atoms with Crippen molar-refractivity contribution in [2.45, 2.75) is 6.42 Å². The number of anilines is 1. The van der Waals surface area contributed by atoms with Crippen molar-refractivity contribution in [3.63, 3.8) is 0 Å². The molecule has 1 aliphatic heterocycles. The minimum atomic E-state index is -0.223. The van der Waals surface area contributed by atoms with Crippen LogP contribution in [0.25, 0.3) is 22.2 Å². The van der Waals surface area contributed by atoms with Gasteiger partial charge in [-0.3, -0.25) is 10.1 Å². The quantitative estimate of drug-likeness (QED) is 0.573. The van der Waals surface area contributed by atoms with Gasteiger partial charge in [0, 0.05) is 5.56 Å². The Balaban J connectivity index is 1.31. The second kappa shape index (κ2) is 7.27. The molecule has 5 rings (SSSR count). The molecule has 0 unspecified atom stereocenters. The molecule has 3 aromatic carbocycles. The number of carbonyl (C=O) groups excluding carboxylic acids is 1. The summed E-state index contributed by atoms with van der Waals surface area (Å²) < 4.78 is 16.7. The van der Waals surface area contributed by atoms with Crippen LogP contribution in [-0.4, -0.2) is 29.3 Å². The fourth-order valence-electron chi connectivity index (χ4n) is 3.35. The second-order valence-electron chi connectivity index (χ2n) is 6.63. The average molecular weight is 387 g/mol. The van der Waals surface area contributed by atoms with Gasteiger partial charge in [-0.05, 0) is 34.5 Å². The Labute approximate surface area is 166 Å². The summed E-state index contributed by atoms with van der Waals surface area (Å²) in [6, 6.07) is 19.3. The highest BCUT2D eigenvalue weighted by Gasteiger charge is 2.17. The SMILES string of the molecule is O=C(Cc1cccc2ccccc12)Nc1nnc(-c2ccc3c(c2)OCCO3)o1. The van der Waals surface area contributed by atoms with Gasteiger partial charge in [0.05, 0.1) is 6.42 Å².